The highest BCUT2D eigenvalue weighted by molar-refractivity contribution is 7.10. The topological polar surface area (TPSA) is 49.4 Å². The Hall–Kier alpha value is -2.84. The van der Waals surface area contributed by atoms with Crippen LogP contribution >= 0.6 is 11.3 Å². The van der Waals surface area contributed by atoms with Crippen LogP contribution in [0.4, 0.5) is 0 Å². The van der Waals surface area contributed by atoms with E-state index in [1.807, 2.05) is 49.6 Å². The molecule has 1 aromatic carbocycles. The first-order valence-electron chi connectivity index (χ1n) is 8.02. The van der Waals surface area contributed by atoms with Gasteiger partial charge in [-0.2, -0.15) is 0 Å². The smallest absolute Gasteiger partial charge is 0.262 e. The number of hydrogen-bond donors (Lipinski definition) is 1. The lowest BCUT2D eigenvalue weighted by molar-refractivity contribution is -0.119. The summed E-state index contributed by atoms with van der Waals surface area (Å²) in [5.41, 5.74) is 0.862. The van der Waals surface area contributed by atoms with Crippen molar-refractivity contribution in [2.75, 3.05) is 0 Å². The number of amides is 2. The van der Waals surface area contributed by atoms with E-state index in [9.17, 15) is 9.59 Å². The van der Waals surface area contributed by atoms with Gasteiger partial charge in [0.2, 0.25) is 0 Å². The third kappa shape index (κ3) is 3.81. The predicted octanol–water partition coefficient (Wildman–Crippen LogP) is 3.24. The maximum atomic E-state index is 12.9. The molecule has 1 aromatic heterocycles. The largest absolute Gasteiger partial charge is 0.331 e. The van der Waals surface area contributed by atoms with E-state index in [1.165, 1.54) is 11.3 Å². The van der Waals surface area contributed by atoms with Crippen LogP contribution in [-0.2, 0) is 4.79 Å². The van der Waals surface area contributed by atoms with Crippen LogP contribution < -0.4 is 5.32 Å². The van der Waals surface area contributed by atoms with Crippen molar-refractivity contribution >= 4 is 23.2 Å². The van der Waals surface area contributed by atoms with Gasteiger partial charge in [0.05, 0.1) is 4.88 Å². The molecule has 0 bridgehead atoms. The van der Waals surface area contributed by atoms with Gasteiger partial charge in [0.25, 0.3) is 11.8 Å². The molecule has 126 valence electrons. The van der Waals surface area contributed by atoms with Gasteiger partial charge >= 0.3 is 0 Å². The van der Waals surface area contributed by atoms with Gasteiger partial charge in [0.15, 0.2) is 0 Å². The number of thiophene rings is 1. The molecule has 0 fully saturated rings. The highest BCUT2D eigenvalue weighted by Crippen LogP contribution is 2.19. The second-order valence-electron chi connectivity index (χ2n) is 6.01. The minimum absolute atomic E-state index is 0.0691. The third-order valence-corrected chi connectivity index (χ3v) is 4.61. The summed E-state index contributed by atoms with van der Waals surface area (Å²) in [5, 5.41) is 4.83. The molecule has 1 N–H and O–H groups in total. The zero-order valence-corrected chi connectivity index (χ0v) is 14.8. The molecule has 0 saturated heterocycles. The minimum atomic E-state index is -0.396. The number of benzene rings is 1. The molecule has 1 atom stereocenters. The number of rotatable bonds is 2. The van der Waals surface area contributed by atoms with Crippen molar-refractivity contribution in [1.82, 2.24) is 10.2 Å². The van der Waals surface area contributed by atoms with Crippen molar-refractivity contribution in [1.29, 1.82) is 0 Å². The number of nitrogens with one attached hydrogen (secondary N) is 1. The Morgan fingerprint density at radius 2 is 1.92 bits per heavy atom. The van der Waals surface area contributed by atoms with E-state index < -0.39 is 6.17 Å². The molecule has 2 heterocycles. The van der Waals surface area contributed by atoms with Gasteiger partial charge in [-0.05, 0) is 29.5 Å². The fourth-order valence-corrected chi connectivity index (χ4v) is 3.10. The van der Waals surface area contributed by atoms with Gasteiger partial charge in [-0.1, -0.05) is 50.0 Å². The molecule has 3 rings (SSSR count). The lowest BCUT2D eigenvalue weighted by Gasteiger charge is -2.35. The van der Waals surface area contributed by atoms with Gasteiger partial charge in [-0.15, -0.1) is 11.3 Å². The summed E-state index contributed by atoms with van der Waals surface area (Å²) in [6.45, 7) is 3.93. The average Bonchev–Trinajstić information content (AvgIpc) is 3.14. The molecule has 0 radical (unpaired) electrons. The van der Waals surface area contributed by atoms with E-state index in [0.717, 1.165) is 4.88 Å². The fourth-order valence-electron chi connectivity index (χ4n) is 2.53. The minimum Gasteiger partial charge on any atom is -0.331 e. The summed E-state index contributed by atoms with van der Waals surface area (Å²) < 4.78 is 0. The Kier molecular flexibility index (Phi) is 5.01. The van der Waals surface area contributed by atoms with Crippen LogP contribution in [0.15, 0.2) is 59.6 Å². The van der Waals surface area contributed by atoms with Crippen LogP contribution in [0.1, 0.15) is 29.1 Å². The number of hydrogen-bond acceptors (Lipinski definition) is 3. The molecule has 2 aromatic rings. The molecular weight excluding hydrogens is 332 g/mol. The van der Waals surface area contributed by atoms with E-state index in [1.54, 1.807) is 23.2 Å². The maximum absolute atomic E-state index is 12.9. The molecule has 2 amide bonds. The number of carbonyl (C=O) groups is 2. The van der Waals surface area contributed by atoms with E-state index in [0.29, 0.717) is 5.56 Å². The van der Waals surface area contributed by atoms with Crippen LogP contribution in [0, 0.1) is 17.8 Å². The molecule has 25 heavy (non-hydrogen) atoms. The summed E-state index contributed by atoms with van der Waals surface area (Å²) in [6, 6.07) is 12.8. The van der Waals surface area contributed by atoms with Gasteiger partial charge < -0.3 is 5.32 Å². The van der Waals surface area contributed by atoms with Crippen LogP contribution in [-0.4, -0.2) is 22.9 Å². The summed E-state index contributed by atoms with van der Waals surface area (Å²) in [7, 11) is 0. The van der Waals surface area contributed by atoms with E-state index in [-0.39, 0.29) is 23.3 Å². The lowest BCUT2D eigenvalue weighted by Crippen LogP contribution is -2.54. The van der Waals surface area contributed by atoms with Crippen LogP contribution in [0.3, 0.4) is 0 Å². The third-order valence-electron chi connectivity index (χ3n) is 3.82. The molecule has 5 heteroatoms. The Labute approximate surface area is 151 Å². The number of carbonyl (C=O) groups excluding carboxylic acids is 2. The zero-order valence-electron chi connectivity index (χ0n) is 14.0. The van der Waals surface area contributed by atoms with E-state index >= 15 is 0 Å². The molecule has 1 aliphatic heterocycles. The van der Waals surface area contributed by atoms with E-state index in [2.05, 4.69) is 17.2 Å². The Morgan fingerprint density at radius 1 is 1.16 bits per heavy atom. The lowest BCUT2D eigenvalue weighted by atomic mass is 10.0. The van der Waals surface area contributed by atoms with Gasteiger partial charge in [0, 0.05) is 11.8 Å². The Bertz CT molecular complexity index is 858. The predicted molar refractivity (Wildman–Crippen MR) is 98.7 cm³/mol. The Balaban J connectivity index is 1.96. The quantitative estimate of drug-likeness (QED) is 0.846. The second kappa shape index (κ2) is 7.37. The first-order valence-corrected chi connectivity index (χ1v) is 8.90. The summed E-state index contributed by atoms with van der Waals surface area (Å²) >= 11 is 1.51. The molecule has 0 saturated carbocycles. The fraction of sp³-hybridized carbons (Fsp3) is 0.200. The van der Waals surface area contributed by atoms with Crippen molar-refractivity contribution in [2.45, 2.75) is 20.0 Å². The van der Waals surface area contributed by atoms with Crippen LogP contribution in [0.25, 0.3) is 0 Å². The molecule has 0 unspecified atom stereocenters. The van der Waals surface area contributed by atoms with Crippen LogP contribution in [0.2, 0.25) is 0 Å². The van der Waals surface area contributed by atoms with Crippen molar-refractivity contribution in [3.05, 3.63) is 70.1 Å². The molecule has 0 aliphatic carbocycles. The van der Waals surface area contributed by atoms with Crippen molar-refractivity contribution in [3.8, 4) is 11.8 Å². The Morgan fingerprint density at radius 3 is 2.56 bits per heavy atom. The van der Waals surface area contributed by atoms with Crippen molar-refractivity contribution < 1.29 is 9.59 Å². The standard InChI is InChI=1S/C20H18N2O2S/c1-14(2)18-21-19(23)16(10-11-17-9-6-12-25-17)13-22(18)20(24)15-7-4-3-5-8-15/h3-9,12-14,18H,1-2H3,(H,21,23)/t18-/m0/s1. The maximum Gasteiger partial charge on any atom is 0.262 e. The van der Waals surface area contributed by atoms with E-state index in [4.69, 9.17) is 0 Å². The second-order valence-corrected chi connectivity index (χ2v) is 6.96. The molecule has 1 aliphatic rings. The van der Waals surface area contributed by atoms with Crippen molar-refractivity contribution in [2.24, 2.45) is 5.92 Å². The van der Waals surface area contributed by atoms with Crippen LogP contribution in [0.5, 0.6) is 0 Å². The molecular formula is C20H18N2O2S. The molecule has 0 spiro atoms. The zero-order chi connectivity index (χ0) is 17.8. The summed E-state index contributed by atoms with van der Waals surface area (Å²) in [5.74, 6) is 5.52. The average molecular weight is 350 g/mol. The monoisotopic (exact) mass is 350 g/mol. The highest BCUT2D eigenvalue weighted by Gasteiger charge is 2.32. The SMILES string of the molecule is CC(C)[C@H]1NC(=O)C(C#Cc2cccs2)=CN1C(=O)c1ccccc1. The van der Waals surface area contributed by atoms with Gasteiger partial charge in [0.1, 0.15) is 11.7 Å². The highest BCUT2D eigenvalue weighted by atomic mass is 32.1. The summed E-state index contributed by atoms with van der Waals surface area (Å²) in [6.07, 6.45) is 1.17. The van der Waals surface area contributed by atoms with Gasteiger partial charge in [-0.25, -0.2) is 0 Å². The summed E-state index contributed by atoms with van der Waals surface area (Å²) in [4.78, 5) is 27.7. The normalized spacial score (nSPS) is 16.8. The van der Waals surface area contributed by atoms with Gasteiger partial charge in [-0.3, -0.25) is 14.5 Å². The number of nitrogens with zero attached hydrogens (tertiary/aromatic N) is 1. The first-order chi connectivity index (χ1) is 12.1. The first kappa shape index (κ1) is 17.0. The van der Waals surface area contributed by atoms with Crippen molar-refractivity contribution in [3.63, 3.8) is 0 Å². The molecule has 4 nitrogen and oxygen atoms in total.